The molecule has 0 aliphatic carbocycles. The molecule has 0 spiro atoms. The summed E-state index contributed by atoms with van der Waals surface area (Å²) in [4.78, 5) is 125. The number of pyridine rings is 1. The Balaban J connectivity index is 1.47. The number of aromatic nitrogens is 1. The van der Waals surface area contributed by atoms with Crippen LogP contribution in [0.5, 0.6) is 5.75 Å². The topological polar surface area (TPSA) is 228 Å². The molecule has 6 rings (SSSR count). The van der Waals surface area contributed by atoms with E-state index in [4.69, 9.17) is 4.74 Å². The van der Waals surface area contributed by atoms with Crippen molar-refractivity contribution in [1.82, 2.24) is 35.6 Å². The summed E-state index contributed by atoms with van der Waals surface area (Å²) in [6.07, 6.45) is -0.0625. The highest BCUT2D eigenvalue weighted by atomic mass is 16.5. The van der Waals surface area contributed by atoms with Crippen molar-refractivity contribution in [3.05, 3.63) is 102 Å². The van der Waals surface area contributed by atoms with E-state index in [0.717, 1.165) is 5.69 Å². The van der Waals surface area contributed by atoms with Crippen molar-refractivity contribution in [2.75, 3.05) is 39.1 Å². The van der Waals surface area contributed by atoms with E-state index in [1.165, 1.54) is 53.9 Å². The van der Waals surface area contributed by atoms with Gasteiger partial charge in [0.2, 0.25) is 29.5 Å². The van der Waals surface area contributed by atoms with Gasteiger partial charge in [0.25, 0.3) is 5.91 Å². The number of esters is 1. The Morgan fingerprint density at radius 2 is 1.65 bits per heavy atom. The Morgan fingerprint density at radius 3 is 2.29 bits per heavy atom. The minimum absolute atomic E-state index is 0.0102. The van der Waals surface area contributed by atoms with Crippen LogP contribution in [0.1, 0.15) is 74.1 Å². The first-order valence-electron chi connectivity index (χ1n) is 21.5. The van der Waals surface area contributed by atoms with Gasteiger partial charge >= 0.3 is 5.97 Å². The minimum atomic E-state index is -1.72. The predicted molar refractivity (Wildman–Crippen MR) is 237 cm³/mol. The highest BCUT2D eigenvalue weighted by molar-refractivity contribution is 6.05. The SMILES string of the molecule is C=C1CN2C(=O)[C@H](Cc3ccc(N(C)C)cc3)N(C)C(=O)[C@@H]3CCCN3C(=O)C(C)(CC)NC(=O)[C@@H](NC(=O)c3ncccc3O)[C@@H](C)OC(=O)[C@H](c3ccccc3)NC(=O)[C@@H]2CC1=O. The van der Waals surface area contributed by atoms with Crippen LogP contribution in [0.25, 0.3) is 0 Å². The van der Waals surface area contributed by atoms with Crippen LogP contribution in [0.4, 0.5) is 5.69 Å². The fourth-order valence-corrected chi connectivity index (χ4v) is 8.31. The minimum Gasteiger partial charge on any atom is -0.505 e. The van der Waals surface area contributed by atoms with Gasteiger partial charge in [0.05, 0.1) is 0 Å². The zero-order chi connectivity index (χ0) is 47.3. The molecule has 3 aromatic rings. The van der Waals surface area contributed by atoms with E-state index < -0.39 is 107 Å². The molecule has 7 atom stereocenters. The Kier molecular flexibility index (Phi) is 14.4. The summed E-state index contributed by atoms with van der Waals surface area (Å²) in [7, 11) is 5.22. The number of anilines is 1. The molecule has 0 bridgehead atoms. The molecule has 2 aromatic carbocycles. The van der Waals surface area contributed by atoms with Crippen molar-refractivity contribution in [2.24, 2.45) is 0 Å². The number of aromatic hydroxyl groups is 1. The first kappa shape index (κ1) is 47.4. The zero-order valence-electron chi connectivity index (χ0n) is 37.4. The van der Waals surface area contributed by atoms with E-state index in [9.17, 15) is 38.7 Å². The molecule has 344 valence electrons. The fraction of sp³-hybridized carbons (Fsp3) is 0.426. The molecule has 3 saturated heterocycles. The Morgan fingerprint density at radius 1 is 0.954 bits per heavy atom. The number of ether oxygens (including phenoxy) is 1. The number of fused-ring (bicyclic) bond motifs is 2. The van der Waals surface area contributed by atoms with Crippen LogP contribution < -0.4 is 20.9 Å². The van der Waals surface area contributed by atoms with Gasteiger partial charge in [-0.1, -0.05) is 56.0 Å². The number of amides is 6. The van der Waals surface area contributed by atoms with Gasteiger partial charge in [0, 0.05) is 64.5 Å². The molecular weight excluding hydrogens is 837 g/mol. The van der Waals surface area contributed by atoms with Gasteiger partial charge in [-0.2, -0.15) is 0 Å². The van der Waals surface area contributed by atoms with E-state index in [2.05, 4.69) is 27.5 Å². The molecule has 3 fully saturated rings. The van der Waals surface area contributed by atoms with Gasteiger partial charge in [0.1, 0.15) is 41.6 Å². The number of likely N-dealkylation sites (N-methyl/N-ethyl adjacent to an activating group) is 1. The second-order valence-corrected chi connectivity index (χ2v) is 17.1. The largest absolute Gasteiger partial charge is 0.505 e. The number of hydrogen-bond acceptors (Lipinski definition) is 12. The number of cyclic esters (lactones) is 1. The second-order valence-electron chi connectivity index (χ2n) is 17.1. The van der Waals surface area contributed by atoms with Crippen molar-refractivity contribution >= 4 is 52.9 Å². The van der Waals surface area contributed by atoms with E-state index in [0.29, 0.717) is 12.0 Å². The molecule has 0 radical (unpaired) electrons. The standard InChI is InChI=1S/C47H56N8O10/c1-8-47(4)46(64)54-23-13-16-32(54)43(61)53(7)34(24-29-18-20-31(21-19-29)52(5)6)44(62)55-26-27(2)36(57)25-33(55)40(58)50-38(30-14-10-9-11-15-30)45(63)65-28(3)37(42(60)51-47)49-41(59)39-35(56)17-12-22-48-39/h9-12,14-15,17-22,28,32-34,37-38,56H,2,8,13,16,23-26H2,1,3-7H3,(H,49,59)(H,50,58)(H,51,60)/t28-,32+,33+,34+,37+,38+,47?/m1/s1. The molecule has 0 saturated carbocycles. The number of Topliss-reactive ketones (excluding diaryl/α,β-unsaturated/α-hetero) is 1. The summed E-state index contributed by atoms with van der Waals surface area (Å²) in [5.41, 5.74) is -0.243. The average Bonchev–Trinajstić information content (AvgIpc) is 3.79. The monoisotopic (exact) mass is 892 g/mol. The summed E-state index contributed by atoms with van der Waals surface area (Å²) in [5.74, 6) is -6.75. The predicted octanol–water partition coefficient (Wildman–Crippen LogP) is 1.83. The molecule has 1 unspecified atom stereocenters. The van der Waals surface area contributed by atoms with Crippen LogP contribution in [-0.2, 0) is 44.7 Å². The van der Waals surface area contributed by atoms with Crippen molar-refractivity contribution in [2.45, 2.75) is 94.7 Å². The number of hydrogen-bond donors (Lipinski definition) is 4. The highest BCUT2D eigenvalue weighted by Gasteiger charge is 2.48. The van der Waals surface area contributed by atoms with E-state index >= 15 is 4.79 Å². The number of carbonyl (C=O) groups excluding carboxylic acids is 8. The summed E-state index contributed by atoms with van der Waals surface area (Å²) < 4.78 is 5.89. The van der Waals surface area contributed by atoms with Gasteiger partial charge in [-0.15, -0.1) is 0 Å². The van der Waals surface area contributed by atoms with Crippen molar-refractivity contribution in [1.29, 1.82) is 0 Å². The van der Waals surface area contributed by atoms with Gasteiger partial charge in [-0.25, -0.2) is 9.78 Å². The third-order valence-electron chi connectivity index (χ3n) is 12.5. The molecular formula is C47H56N8O10. The normalized spacial score (nSPS) is 26.2. The van der Waals surface area contributed by atoms with Crippen molar-refractivity contribution in [3.63, 3.8) is 0 Å². The molecule has 18 heteroatoms. The lowest BCUT2D eigenvalue weighted by Crippen LogP contribution is -2.64. The number of ketones is 1. The van der Waals surface area contributed by atoms with E-state index in [1.54, 1.807) is 37.3 Å². The van der Waals surface area contributed by atoms with Gasteiger partial charge in [0.15, 0.2) is 17.5 Å². The number of benzene rings is 2. The van der Waals surface area contributed by atoms with Crippen LogP contribution >= 0.6 is 0 Å². The molecule has 3 aliphatic heterocycles. The summed E-state index contributed by atoms with van der Waals surface area (Å²) in [5, 5.41) is 18.4. The third-order valence-corrected chi connectivity index (χ3v) is 12.5. The van der Waals surface area contributed by atoms with Crippen LogP contribution in [0, 0.1) is 0 Å². The fourth-order valence-electron chi connectivity index (χ4n) is 8.31. The molecule has 1 aromatic heterocycles. The summed E-state index contributed by atoms with van der Waals surface area (Å²) >= 11 is 0. The maximum atomic E-state index is 15.1. The molecule has 65 heavy (non-hydrogen) atoms. The first-order valence-corrected chi connectivity index (χ1v) is 21.5. The maximum absolute atomic E-state index is 15.1. The second kappa shape index (κ2) is 19.7. The number of piperidine rings is 1. The quantitative estimate of drug-likeness (QED) is 0.197. The zero-order valence-corrected chi connectivity index (χ0v) is 37.4. The van der Waals surface area contributed by atoms with Gasteiger partial charge in [-0.05, 0) is 68.5 Å². The Hall–Kier alpha value is -7.11. The van der Waals surface area contributed by atoms with Crippen LogP contribution in [0.2, 0.25) is 0 Å². The van der Waals surface area contributed by atoms with Crippen molar-refractivity contribution in [3.8, 4) is 5.75 Å². The Bertz CT molecular complexity index is 2360. The smallest absolute Gasteiger partial charge is 0.333 e. The van der Waals surface area contributed by atoms with Crippen LogP contribution in [0.15, 0.2) is 85.1 Å². The third kappa shape index (κ3) is 10.2. The van der Waals surface area contributed by atoms with Gasteiger partial charge in [-0.3, -0.25) is 33.6 Å². The van der Waals surface area contributed by atoms with Gasteiger partial charge < -0.3 is 45.4 Å². The number of rotatable bonds is 7. The van der Waals surface area contributed by atoms with Crippen molar-refractivity contribution < 1.29 is 48.2 Å². The lowest BCUT2D eigenvalue weighted by Gasteiger charge is -2.41. The number of nitrogens with one attached hydrogen (secondary N) is 3. The molecule has 4 heterocycles. The maximum Gasteiger partial charge on any atom is 0.333 e. The molecule has 3 aliphatic rings. The lowest BCUT2D eigenvalue weighted by atomic mass is 9.93. The summed E-state index contributed by atoms with van der Waals surface area (Å²) in [6, 6.07) is 10.9. The molecule has 18 nitrogen and oxygen atoms in total. The number of nitrogens with zero attached hydrogens (tertiary/aromatic N) is 5. The molecule has 4 N–H and O–H groups in total. The van der Waals surface area contributed by atoms with E-state index in [-0.39, 0.29) is 43.5 Å². The lowest BCUT2D eigenvalue weighted by molar-refractivity contribution is -0.156. The summed E-state index contributed by atoms with van der Waals surface area (Å²) in [6.45, 7) is 8.13. The average molecular weight is 893 g/mol. The Labute approximate surface area is 377 Å². The number of carbonyl (C=O) groups is 8. The van der Waals surface area contributed by atoms with E-state index in [1.807, 2.05) is 43.3 Å². The first-order chi connectivity index (χ1) is 30.8. The highest BCUT2D eigenvalue weighted by Crippen LogP contribution is 2.29. The van der Waals surface area contributed by atoms with Crippen LogP contribution in [0.3, 0.4) is 0 Å². The van der Waals surface area contributed by atoms with Crippen LogP contribution in [-0.4, -0.2) is 142 Å². The molecule has 6 amide bonds.